The Morgan fingerprint density at radius 1 is 1.38 bits per heavy atom. The highest BCUT2D eigenvalue weighted by atomic mass is 127. The summed E-state index contributed by atoms with van der Waals surface area (Å²) in [5, 5.41) is 6.86. The molecule has 2 atom stereocenters. The van der Waals surface area contributed by atoms with E-state index in [9.17, 15) is 0 Å². The van der Waals surface area contributed by atoms with E-state index in [1.165, 1.54) is 32.1 Å². The smallest absolute Gasteiger partial charge is 0.213 e. The highest BCUT2D eigenvalue weighted by Crippen LogP contribution is 2.26. The lowest BCUT2D eigenvalue weighted by Gasteiger charge is -2.30. The predicted molar refractivity (Wildman–Crippen MR) is 110 cm³/mol. The molecule has 0 saturated heterocycles. The van der Waals surface area contributed by atoms with Gasteiger partial charge in [0.1, 0.15) is 5.76 Å². The second kappa shape index (κ2) is 9.63. The minimum atomic E-state index is -0.0115. The van der Waals surface area contributed by atoms with Gasteiger partial charge in [-0.25, -0.2) is 4.98 Å². The number of oxazole rings is 1. The van der Waals surface area contributed by atoms with Gasteiger partial charge in [-0.15, -0.1) is 24.0 Å². The summed E-state index contributed by atoms with van der Waals surface area (Å²) in [5.74, 6) is 3.30. The monoisotopic (exact) mass is 448 g/mol. The Balaban J connectivity index is 0.00000288. The number of nitrogens with one attached hydrogen (secondary N) is 2. The van der Waals surface area contributed by atoms with E-state index >= 15 is 0 Å². The zero-order valence-corrected chi connectivity index (χ0v) is 18.0. The normalized spacial score (nSPS) is 22.0. The van der Waals surface area contributed by atoms with Gasteiger partial charge in [-0.1, -0.05) is 47.0 Å². The first-order chi connectivity index (χ1) is 10.9. The average Bonchev–Trinajstić information content (AvgIpc) is 3.00. The molecule has 1 heterocycles. The van der Waals surface area contributed by atoms with E-state index in [0.717, 1.165) is 17.6 Å². The van der Waals surface area contributed by atoms with E-state index in [-0.39, 0.29) is 29.4 Å². The van der Waals surface area contributed by atoms with Crippen molar-refractivity contribution in [3.63, 3.8) is 0 Å². The van der Waals surface area contributed by atoms with Crippen LogP contribution in [0.1, 0.15) is 71.5 Å². The molecule has 2 N–H and O–H groups in total. The number of halogens is 1. The van der Waals surface area contributed by atoms with Gasteiger partial charge < -0.3 is 15.1 Å². The van der Waals surface area contributed by atoms with Gasteiger partial charge in [0, 0.05) is 18.5 Å². The van der Waals surface area contributed by atoms with E-state index in [1.807, 2.05) is 13.2 Å². The Morgan fingerprint density at radius 2 is 2.12 bits per heavy atom. The summed E-state index contributed by atoms with van der Waals surface area (Å²) >= 11 is 0. The highest BCUT2D eigenvalue weighted by Gasteiger charge is 2.22. The molecule has 1 aliphatic rings. The molecule has 0 aliphatic heterocycles. The van der Waals surface area contributed by atoms with Gasteiger partial charge in [-0.05, 0) is 18.8 Å². The molecule has 0 amide bonds. The Labute approximate surface area is 163 Å². The van der Waals surface area contributed by atoms with Gasteiger partial charge in [0.05, 0.1) is 12.7 Å². The lowest BCUT2D eigenvalue weighted by Crippen LogP contribution is -2.45. The third-order valence-corrected chi connectivity index (χ3v) is 4.62. The number of aromatic nitrogens is 1. The SMILES string of the molecule is CCC1CCCC(NC(=NC)NCc2ncc(C(C)(C)C)o2)C1.I. The summed E-state index contributed by atoms with van der Waals surface area (Å²) in [6.45, 7) is 9.21. The number of aliphatic imine (C=N–C) groups is 1. The molecule has 0 aromatic carbocycles. The van der Waals surface area contributed by atoms with Crippen molar-refractivity contribution in [1.29, 1.82) is 0 Å². The molecule has 0 bridgehead atoms. The summed E-state index contributed by atoms with van der Waals surface area (Å²) < 4.78 is 5.81. The lowest BCUT2D eigenvalue weighted by atomic mass is 9.84. The first-order valence-electron chi connectivity index (χ1n) is 8.84. The zero-order valence-electron chi connectivity index (χ0n) is 15.7. The van der Waals surface area contributed by atoms with E-state index in [0.29, 0.717) is 18.5 Å². The molecule has 138 valence electrons. The van der Waals surface area contributed by atoms with Gasteiger partial charge in [0.2, 0.25) is 5.89 Å². The molecule has 1 aliphatic carbocycles. The second-order valence-corrected chi connectivity index (χ2v) is 7.58. The summed E-state index contributed by atoms with van der Waals surface area (Å²) in [6.07, 6.45) is 8.24. The summed E-state index contributed by atoms with van der Waals surface area (Å²) in [5.41, 5.74) is -0.0115. The first kappa shape index (κ1) is 21.3. The number of hydrogen-bond donors (Lipinski definition) is 2. The van der Waals surface area contributed by atoms with E-state index in [1.54, 1.807) is 0 Å². The topological polar surface area (TPSA) is 62.5 Å². The maximum Gasteiger partial charge on any atom is 0.213 e. The first-order valence-corrected chi connectivity index (χ1v) is 8.84. The highest BCUT2D eigenvalue weighted by molar-refractivity contribution is 14.0. The summed E-state index contributed by atoms with van der Waals surface area (Å²) in [7, 11) is 1.81. The predicted octanol–water partition coefficient (Wildman–Crippen LogP) is 4.22. The minimum Gasteiger partial charge on any atom is -0.443 e. The Bertz CT molecular complexity index is 521. The molecule has 2 rings (SSSR count). The van der Waals surface area contributed by atoms with Gasteiger partial charge in [-0.2, -0.15) is 0 Å². The standard InChI is InChI=1S/C18H32N4O.HI/c1-6-13-8-7-9-14(10-13)22-17(19-5)21-12-16-20-11-15(23-16)18(2,3)4;/h11,13-14H,6-10,12H2,1-5H3,(H2,19,21,22);1H. The van der Waals surface area contributed by atoms with Crippen molar-refractivity contribution < 1.29 is 4.42 Å². The fourth-order valence-corrected chi connectivity index (χ4v) is 3.08. The number of hydrogen-bond acceptors (Lipinski definition) is 3. The second-order valence-electron chi connectivity index (χ2n) is 7.58. The van der Waals surface area contributed by atoms with Gasteiger partial charge in [0.25, 0.3) is 0 Å². The molecular weight excluding hydrogens is 415 g/mol. The molecule has 1 aromatic rings. The third-order valence-electron chi connectivity index (χ3n) is 4.62. The Morgan fingerprint density at radius 3 is 2.71 bits per heavy atom. The van der Waals surface area contributed by atoms with E-state index in [4.69, 9.17) is 4.42 Å². The van der Waals surface area contributed by atoms with Gasteiger partial charge in [0.15, 0.2) is 5.96 Å². The lowest BCUT2D eigenvalue weighted by molar-refractivity contribution is 0.298. The molecule has 0 radical (unpaired) electrons. The van der Waals surface area contributed by atoms with Crippen molar-refractivity contribution in [3.8, 4) is 0 Å². The molecule has 1 aromatic heterocycles. The Hall–Kier alpha value is -0.790. The van der Waals surface area contributed by atoms with Crippen LogP contribution in [0, 0.1) is 5.92 Å². The molecule has 24 heavy (non-hydrogen) atoms. The number of rotatable bonds is 4. The average molecular weight is 448 g/mol. The van der Waals surface area contributed by atoms with E-state index < -0.39 is 0 Å². The van der Waals surface area contributed by atoms with Crippen LogP contribution in [-0.4, -0.2) is 24.0 Å². The third kappa shape index (κ3) is 6.26. The van der Waals surface area contributed by atoms with Crippen LogP contribution < -0.4 is 10.6 Å². The fraction of sp³-hybridized carbons (Fsp3) is 0.778. The molecule has 2 unspecified atom stereocenters. The van der Waals surface area contributed by atoms with Crippen molar-refractivity contribution in [2.24, 2.45) is 10.9 Å². The molecule has 0 spiro atoms. The molecule has 6 heteroatoms. The van der Waals surface area contributed by atoms with Crippen LogP contribution in [0.2, 0.25) is 0 Å². The summed E-state index contributed by atoms with van der Waals surface area (Å²) in [4.78, 5) is 8.68. The maximum atomic E-state index is 5.81. The largest absolute Gasteiger partial charge is 0.443 e. The number of nitrogens with zero attached hydrogens (tertiary/aromatic N) is 2. The van der Waals surface area contributed by atoms with Crippen molar-refractivity contribution in [2.75, 3.05) is 7.05 Å². The zero-order chi connectivity index (χ0) is 16.9. The molecule has 5 nitrogen and oxygen atoms in total. The van der Waals surface area contributed by atoms with Crippen LogP contribution in [0.3, 0.4) is 0 Å². The van der Waals surface area contributed by atoms with Crippen molar-refractivity contribution >= 4 is 29.9 Å². The van der Waals surface area contributed by atoms with E-state index in [2.05, 4.69) is 48.3 Å². The molecule has 1 saturated carbocycles. The van der Waals surface area contributed by atoms with Crippen molar-refractivity contribution in [2.45, 2.75) is 77.8 Å². The fourth-order valence-electron chi connectivity index (χ4n) is 3.08. The van der Waals surface area contributed by atoms with Gasteiger partial charge in [-0.3, -0.25) is 4.99 Å². The van der Waals surface area contributed by atoms with Crippen LogP contribution in [0.4, 0.5) is 0 Å². The van der Waals surface area contributed by atoms with Gasteiger partial charge >= 0.3 is 0 Å². The van der Waals surface area contributed by atoms with Crippen LogP contribution in [0.5, 0.6) is 0 Å². The quantitative estimate of drug-likeness (QED) is 0.411. The van der Waals surface area contributed by atoms with Crippen LogP contribution in [0.25, 0.3) is 0 Å². The van der Waals surface area contributed by atoms with Crippen LogP contribution in [-0.2, 0) is 12.0 Å². The maximum absolute atomic E-state index is 5.81. The minimum absolute atomic E-state index is 0. The van der Waals surface area contributed by atoms with Crippen molar-refractivity contribution in [3.05, 3.63) is 17.8 Å². The van der Waals surface area contributed by atoms with Crippen molar-refractivity contribution in [1.82, 2.24) is 15.6 Å². The van der Waals surface area contributed by atoms with Crippen LogP contribution in [0.15, 0.2) is 15.6 Å². The molecule has 1 fully saturated rings. The molecular formula is C18H33IN4O. The summed E-state index contributed by atoms with van der Waals surface area (Å²) in [6, 6.07) is 0.523. The Kier molecular flexibility index (Phi) is 8.53. The van der Waals surface area contributed by atoms with Crippen LogP contribution >= 0.6 is 24.0 Å². The number of guanidine groups is 1.